The van der Waals surface area contributed by atoms with Crippen molar-refractivity contribution in [2.75, 3.05) is 26.4 Å². The third-order valence-electron chi connectivity index (χ3n) is 5.26. The van der Waals surface area contributed by atoms with Crippen LogP contribution in [0.25, 0.3) is 0 Å². The van der Waals surface area contributed by atoms with Crippen LogP contribution in [0, 0.1) is 0 Å². The molecule has 0 aromatic rings. The van der Waals surface area contributed by atoms with Crippen LogP contribution in [0.3, 0.4) is 0 Å². The zero-order chi connectivity index (χ0) is 22.5. The van der Waals surface area contributed by atoms with Gasteiger partial charge in [-0.15, -0.1) is 0 Å². The summed E-state index contributed by atoms with van der Waals surface area (Å²) in [6, 6.07) is 0. The SMILES string of the molecule is CCCCCCCCOC(CCN)C(COC(=O)C(C)O)OCCCCCCCC. The second-order valence-electron chi connectivity index (χ2n) is 8.24. The molecular formula is C24H49NO5. The molecule has 30 heavy (non-hydrogen) atoms. The van der Waals surface area contributed by atoms with Crippen LogP contribution in [0.15, 0.2) is 0 Å². The van der Waals surface area contributed by atoms with Crippen molar-refractivity contribution in [1.29, 1.82) is 0 Å². The molecule has 0 saturated carbocycles. The minimum atomic E-state index is -1.14. The molecule has 3 unspecified atom stereocenters. The fourth-order valence-corrected chi connectivity index (χ4v) is 3.32. The topological polar surface area (TPSA) is 91.0 Å². The Bertz CT molecular complexity index is 379. The lowest BCUT2D eigenvalue weighted by Crippen LogP contribution is -2.39. The van der Waals surface area contributed by atoms with Gasteiger partial charge in [0.05, 0.1) is 6.10 Å². The van der Waals surface area contributed by atoms with Crippen molar-refractivity contribution in [1.82, 2.24) is 0 Å². The van der Waals surface area contributed by atoms with Gasteiger partial charge in [0.1, 0.15) is 18.8 Å². The molecule has 0 bridgehead atoms. The van der Waals surface area contributed by atoms with Gasteiger partial charge in [-0.05, 0) is 32.7 Å². The van der Waals surface area contributed by atoms with Crippen molar-refractivity contribution in [2.45, 2.75) is 123 Å². The van der Waals surface area contributed by atoms with Crippen molar-refractivity contribution in [3.05, 3.63) is 0 Å². The molecule has 0 radical (unpaired) electrons. The molecule has 0 aromatic carbocycles. The van der Waals surface area contributed by atoms with Crippen LogP contribution in [0.4, 0.5) is 0 Å². The summed E-state index contributed by atoms with van der Waals surface area (Å²) in [5.74, 6) is -0.634. The highest BCUT2D eigenvalue weighted by atomic mass is 16.6. The number of esters is 1. The van der Waals surface area contributed by atoms with Gasteiger partial charge in [-0.3, -0.25) is 0 Å². The van der Waals surface area contributed by atoms with Gasteiger partial charge >= 0.3 is 5.97 Å². The number of carbonyl (C=O) groups is 1. The second kappa shape index (κ2) is 21.5. The van der Waals surface area contributed by atoms with Crippen LogP contribution >= 0.6 is 0 Å². The number of ether oxygens (including phenoxy) is 3. The maximum absolute atomic E-state index is 11.7. The van der Waals surface area contributed by atoms with Crippen molar-refractivity contribution >= 4 is 5.97 Å². The summed E-state index contributed by atoms with van der Waals surface area (Å²) in [5.41, 5.74) is 5.80. The molecule has 6 heteroatoms. The van der Waals surface area contributed by atoms with Gasteiger partial charge in [0.2, 0.25) is 0 Å². The van der Waals surface area contributed by atoms with E-state index < -0.39 is 12.1 Å². The number of unbranched alkanes of at least 4 members (excludes halogenated alkanes) is 10. The van der Waals surface area contributed by atoms with Gasteiger partial charge in [-0.2, -0.15) is 0 Å². The molecule has 6 nitrogen and oxygen atoms in total. The van der Waals surface area contributed by atoms with E-state index in [1.165, 1.54) is 58.3 Å². The third-order valence-corrected chi connectivity index (χ3v) is 5.26. The van der Waals surface area contributed by atoms with Gasteiger partial charge in [0.25, 0.3) is 0 Å². The van der Waals surface area contributed by atoms with E-state index in [-0.39, 0.29) is 18.8 Å². The Morgan fingerprint density at radius 3 is 1.73 bits per heavy atom. The first-order valence-corrected chi connectivity index (χ1v) is 12.3. The normalized spacial score (nSPS) is 14.4. The molecule has 0 spiro atoms. The molecular weight excluding hydrogens is 382 g/mol. The summed E-state index contributed by atoms with van der Waals surface area (Å²) in [7, 11) is 0. The van der Waals surface area contributed by atoms with Crippen LogP contribution in [-0.4, -0.2) is 55.8 Å². The van der Waals surface area contributed by atoms with Crippen molar-refractivity contribution < 1.29 is 24.1 Å². The van der Waals surface area contributed by atoms with E-state index >= 15 is 0 Å². The highest BCUT2D eigenvalue weighted by Crippen LogP contribution is 2.14. The maximum Gasteiger partial charge on any atom is 0.334 e. The lowest BCUT2D eigenvalue weighted by Gasteiger charge is -2.27. The lowest BCUT2D eigenvalue weighted by atomic mass is 10.1. The Morgan fingerprint density at radius 2 is 1.27 bits per heavy atom. The number of carbonyl (C=O) groups excluding carboxylic acids is 1. The highest BCUT2D eigenvalue weighted by molar-refractivity contribution is 5.73. The molecule has 180 valence electrons. The fraction of sp³-hybridized carbons (Fsp3) is 0.958. The van der Waals surface area contributed by atoms with Crippen LogP contribution in [0.2, 0.25) is 0 Å². The van der Waals surface area contributed by atoms with E-state index in [0.717, 1.165) is 25.7 Å². The maximum atomic E-state index is 11.7. The number of rotatable bonds is 22. The molecule has 0 saturated heterocycles. The Morgan fingerprint density at radius 1 is 0.800 bits per heavy atom. The first-order chi connectivity index (χ1) is 14.6. The van der Waals surface area contributed by atoms with E-state index in [1.54, 1.807) is 0 Å². The smallest absolute Gasteiger partial charge is 0.334 e. The van der Waals surface area contributed by atoms with E-state index in [2.05, 4.69) is 13.8 Å². The summed E-state index contributed by atoms with van der Waals surface area (Å²) in [4.78, 5) is 11.7. The average Bonchev–Trinajstić information content (AvgIpc) is 2.73. The van der Waals surface area contributed by atoms with Gasteiger partial charge in [0.15, 0.2) is 0 Å². The molecule has 0 aliphatic carbocycles. The first kappa shape index (κ1) is 29.3. The van der Waals surface area contributed by atoms with E-state index in [4.69, 9.17) is 19.9 Å². The van der Waals surface area contributed by atoms with Gasteiger partial charge < -0.3 is 25.1 Å². The summed E-state index contributed by atoms with van der Waals surface area (Å²) in [5, 5.41) is 9.39. The highest BCUT2D eigenvalue weighted by Gasteiger charge is 2.25. The fourth-order valence-electron chi connectivity index (χ4n) is 3.32. The summed E-state index contributed by atoms with van der Waals surface area (Å²) < 4.78 is 17.4. The second-order valence-corrected chi connectivity index (χ2v) is 8.24. The Kier molecular flexibility index (Phi) is 21.0. The van der Waals surface area contributed by atoms with Crippen LogP contribution in [0.1, 0.15) is 104 Å². The molecule has 0 fully saturated rings. The average molecular weight is 432 g/mol. The summed E-state index contributed by atoms with van der Waals surface area (Å²) in [6.45, 7) is 7.69. The predicted molar refractivity (Wildman–Crippen MR) is 123 cm³/mol. The van der Waals surface area contributed by atoms with E-state index in [1.807, 2.05) is 0 Å². The molecule has 0 aliphatic heterocycles. The Balaban J connectivity index is 4.47. The zero-order valence-electron chi connectivity index (χ0n) is 19.9. The van der Waals surface area contributed by atoms with Crippen molar-refractivity contribution in [2.24, 2.45) is 5.73 Å². The number of hydrogen-bond donors (Lipinski definition) is 2. The molecule has 0 heterocycles. The Labute approximate surface area is 185 Å². The van der Waals surface area contributed by atoms with Gasteiger partial charge in [0, 0.05) is 13.2 Å². The number of hydrogen-bond acceptors (Lipinski definition) is 6. The standard InChI is InChI=1S/C24H49NO5/c1-4-6-8-10-12-14-18-28-22(16-17-25)23(20-30-24(27)21(3)26)29-19-15-13-11-9-7-5-2/h21-23,26H,4-20,25H2,1-3H3. The van der Waals surface area contributed by atoms with Gasteiger partial charge in [-0.1, -0.05) is 78.1 Å². The summed E-state index contributed by atoms with van der Waals surface area (Å²) in [6.07, 6.45) is 13.3. The third kappa shape index (κ3) is 17.0. The molecule has 3 atom stereocenters. The van der Waals surface area contributed by atoms with Crippen LogP contribution < -0.4 is 5.73 Å². The molecule has 0 aromatic heterocycles. The zero-order valence-corrected chi connectivity index (χ0v) is 19.9. The minimum absolute atomic E-state index is 0.0841. The Hall–Kier alpha value is -0.690. The quantitative estimate of drug-likeness (QED) is 0.190. The number of nitrogens with two attached hydrogens (primary N) is 1. The predicted octanol–water partition coefficient (Wildman–Crippen LogP) is 4.75. The molecule has 0 aliphatic rings. The molecule has 3 N–H and O–H groups in total. The number of aliphatic hydroxyl groups is 1. The van der Waals surface area contributed by atoms with Crippen LogP contribution in [-0.2, 0) is 19.0 Å². The van der Waals surface area contributed by atoms with Crippen LogP contribution in [0.5, 0.6) is 0 Å². The van der Waals surface area contributed by atoms with Crippen molar-refractivity contribution in [3.8, 4) is 0 Å². The molecule has 0 amide bonds. The summed E-state index contributed by atoms with van der Waals surface area (Å²) >= 11 is 0. The van der Waals surface area contributed by atoms with Gasteiger partial charge in [-0.25, -0.2) is 4.79 Å². The lowest BCUT2D eigenvalue weighted by molar-refractivity contribution is -0.162. The number of aliphatic hydroxyl groups excluding tert-OH is 1. The largest absolute Gasteiger partial charge is 0.461 e. The minimum Gasteiger partial charge on any atom is -0.461 e. The monoisotopic (exact) mass is 431 g/mol. The first-order valence-electron chi connectivity index (χ1n) is 12.3. The van der Waals surface area contributed by atoms with E-state index in [9.17, 15) is 9.90 Å². The van der Waals surface area contributed by atoms with E-state index in [0.29, 0.717) is 26.2 Å². The molecule has 0 rings (SSSR count). The van der Waals surface area contributed by atoms with Crippen molar-refractivity contribution in [3.63, 3.8) is 0 Å².